The first-order valence-corrected chi connectivity index (χ1v) is 24.1. The van der Waals surface area contributed by atoms with Crippen molar-refractivity contribution in [2.45, 2.75) is 140 Å². The second-order valence-corrected chi connectivity index (χ2v) is 20.7. The number of rotatable bonds is 10. The van der Waals surface area contributed by atoms with Gasteiger partial charge in [0.2, 0.25) is 5.91 Å². The highest BCUT2D eigenvalue weighted by atomic mass is 16.6. The average molecular weight is 915 g/mol. The normalized spacial score (nSPS) is 21.9. The molecule has 8 rings (SSSR count). The van der Waals surface area contributed by atoms with E-state index in [0.29, 0.717) is 61.0 Å². The molecule has 14 heteroatoms. The van der Waals surface area contributed by atoms with Crippen LogP contribution in [0.4, 0.5) is 43.7 Å². The fourth-order valence-electron chi connectivity index (χ4n) is 10.4. The van der Waals surface area contributed by atoms with E-state index in [1.54, 1.807) is 4.90 Å². The van der Waals surface area contributed by atoms with Gasteiger partial charge in [-0.2, -0.15) is 0 Å². The number of piperidine rings is 1. The van der Waals surface area contributed by atoms with Gasteiger partial charge in [-0.1, -0.05) is 42.5 Å². The molecule has 14 nitrogen and oxygen atoms in total. The van der Waals surface area contributed by atoms with Gasteiger partial charge in [0.05, 0.1) is 40.9 Å². The molecule has 0 aromatic heterocycles. The number of benzene rings is 4. The fourth-order valence-corrected chi connectivity index (χ4v) is 10.4. The number of carbonyl (C=O) groups is 3. The van der Waals surface area contributed by atoms with Crippen LogP contribution in [0.3, 0.4) is 0 Å². The number of ether oxygens (including phenoxy) is 2. The third-order valence-corrected chi connectivity index (χ3v) is 13.6. The first-order chi connectivity index (χ1) is 31.9. The highest BCUT2D eigenvalue weighted by molar-refractivity contribution is 5.99. The molecular formula is C53H70N8O6. The molecule has 4 saturated heterocycles. The summed E-state index contributed by atoms with van der Waals surface area (Å²) in [6, 6.07) is 30.3. The van der Waals surface area contributed by atoms with E-state index in [4.69, 9.17) is 20.9 Å². The quantitative estimate of drug-likeness (QED) is 0.0756. The number of hydrogen-bond donors (Lipinski definition) is 5. The monoisotopic (exact) mass is 915 g/mol. The third kappa shape index (κ3) is 11.0. The summed E-state index contributed by atoms with van der Waals surface area (Å²) in [5, 5.41) is 17.6. The molecule has 4 fully saturated rings. The molecule has 4 heterocycles. The molecule has 358 valence electrons. The molecule has 0 radical (unpaired) electrons. The number of amides is 3. The number of nitrogens with zero attached hydrogens (tertiary/aromatic N) is 4. The lowest BCUT2D eigenvalue weighted by atomic mass is 9.89. The minimum Gasteiger partial charge on any atom is -0.444 e. The second kappa shape index (κ2) is 19.6. The van der Waals surface area contributed by atoms with Gasteiger partial charge < -0.3 is 51.4 Å². The van der Waals surface area contributed by atoms with E-state index in [-0.39, 0.29) is 18.0 Å². The molecule has 4 aromatic carbocycles. The lowest BCUT2D eigenvalue weighted by Gasteiger charge is -2.36. The van der Waals surface area contributed by atoms with Gasteiger partial charge in [-0.3, -0.25) is 9.69 Å². The number of anilines is 6. The number of nitrogens with two attached hydrogens (primary N) is 2. The smallest absolute Gasteiger partial charge is 0.410 e. The van der Waals surface area contributed by atoms with Gasteiger partial charge >= 0.3 is 12.2 Å². The Morgan fingerprint density at radius 3 is 1.75 bits per heavy atom. The van der Waals surface area contributed by atoms with Crippen LogP contribution in [0.5, 0.6) is 0 Å². The first kappa shape index (κ1) is 47.3. The molecule has 1 unspecified atom stereocenters. The molecule has 67 heavy (non-hydrogen) atoms. The summed E-state index contributed by atoms with van der Waals surface area (Å²) >= 11 is 0. The van der Waals surface area contributed by atoms with Crippen LogP contribution in [0, 0.1) is 0 Å². The zero-order valence-corrected chi connectivity index (χ0v) is 40.0. The zero-order valence-electron chi connectivity index (χ0n) is 40.0. The molecule has 0 saturated carbocycles. The summed E-state index contributed by atoms with van der Waals surface area (Å²) in [6.45, 7) is 13.9. The van der Waals surface area contributed by atoms with Crippen molar-refractivity contribution in [1.82, 2.24) is 9.80 Å². The van der Waals surface area contributed by atoms with Crippen LogP contribution in [0.2, 0.25) is 0 Å². The highest BCUT2D eigenvalue weighted by Crippen LogP contribution is 2.49. The van der Waals surface area contributed by atoms with E-state index in [2.05, 4.69) is 81.1 Å². The number of nitrogen functional groups attached to an aromatic ring is 2. The molecule has 4 aromatic rings. The Balaban J connectivity index is 1.02. The van der Waals surface area contributed by atoms with Crippen LogP contribution in [0.1, 0.15) is 128 Å². The predicted molar refractivity (Wildman–Crippen MR) is 266 cm³/mol. The zero-order chi connectivity index (χ0) is 47.6. The van der Waals surface area contributed by atoms with Gasteiger partial charge in [-0.25, -0.2) is 9.59 Å². The van der Waals surface area contributed by atoms with E-state index in [0.717, 1.165) is 62.0 Å². The third-order valence-electron chi connectivity index (χ3n) is 13.6. The first-order valence-electron chi connectivity index (χ1n) is 24.1. The van der Waals surface area contributed by atoms with Gasteiger partial charge in [-0.15, -0.1) is 0 Å². The molecule has 4 aliphatic heterocycles. The maximum atomic E-state index is 13.6. The molecule has 5 atom stereocenters. The lowest BCUT2D eigenvalue weighted by Crippen LogP contribution is -2.47. The Morgan fingerprint density at radius 2 is 1.16 bits per heavy atom. The van der Waals surface area contributed by atoms with Crippen molar-refractivity contribution in [3.8, 4) is 0 Å². The summed E-state index contributed by atoms with van der Waals surface area (Å²) in [6.07, 6.45) is 4.56. The highest BCUT2D eigenvalue weighted by Gasteiger charge is 2.40. The molecule has 7 N–H and O–H groups in total. The van der Waals surface area contributed by atoms with Gasteiger partial charge in [0.15, 0.2) is 0 Å². The SMILES string of the molecule is CC(C)(C)OC(=O)N1CCC[C@H]1C(=O)Nc1ccc([C@H]2CC[C@H](c3ccc(NC(O)[C@@H]4CCCN4C(=O)OC(C)(C)C)c(N)c3)N2c2ccc(N3CCC(c4ccccc4)CC3)cc2)cc1N. The predicted octanol–water partition coefficient (Wildman–Crippen LogP) is 9.79. The molecular weight excluding hydrogens is 845 g/mol. The van der Waals surface area contributed by atoms with Crippen molar-refractivity contribution in [3.63, 3.8) is 0 Å². The Hall–Kier alpha value is -6.15. The van der Waals surface area contributed by atoms with Crippen LogP contribution in [-0.4, -0.2) is 88.7 Å². The minimum atomic E-state index is -1.04. The number of carbonyl (C=O) groups excluding carboxylic acids is 3. The number of likely N-dealkylation sites (tertiary alicyclic amines) is 2. The Labute approximate surface area is 395 Å². The van der Waals surface area contributed by atoms with Crippen molar-refractivity contribution in [1.29, 1.82) is 0 Å². The number of aliphatic hydroxyl groups excluding tert-OH is 1. The van der Waals surface area contributed by atoms with Crippen molar-refractivity contribution >= 4 is 52.2 Å². The summed E-state index contributed by atoms with van der Waals surface area (Å²) < 4.78 is 11.2. The van der Waals surface area contributed by atoms with Crippen LogP contribution < -0.4 is 31.9 Å². The Morgan fingerprint density at radius 1 is 0.627 bits per heavy atom. The topological polar surface area (TPSA) is 179 Å². The van der Waals surface area contributed by atoms with Crippen LogP contribution in [0.15, 0.2) is 91.0 Å². The number of hydrogen-bond acceptors (Lipinski definition) is 11. The van der Waals surface area contributed by atoms with Gasteiger partial charge in [0.25, 0.3) is 0 Å². The molecule has 0 spiro atoms. The maximum Gasteiger partial charge on any atom is 0.410 e. The van der Waals surface area contributed by atoms with E-state index in [1.165, 1.54) is 16.2 Å². The Bertz CT molecular complexity index is 2380. The minimum absolute atomic E-state index is 0.0435. The lowest BCUT2D eigenvalue weighted by molar-refractivity contribution is -0.120. The van der Waals surface area contributed by atoms with Crippen LogP contribution >= 0.6 is 0 Å². The van der Waals surface area contributed by atoms with Gasteiger partial charge in [0, 0.05) is 37.6 Å². The van der Waals surface area contributed by atoms with Gasteiger partial charge in [-0.05, 0) is 164 Å². The standard InChI is InChI=1S/C53H70N8O6/c1-52(2,3)66-50(64)59-28-10-14-46(59)48(62)56-42-22-16-36(32-40(42)54)44-24-25-45(61(44)39-20-18-38(19-21-39)58-30-26-35(27-31-58)34-12-8-7-9-13-34)37-17-23-43(41(55)33-37)57-49(63)47-15-11-29-60(47)51(65)67-53(4,5)6/h7-9,12-13,16-23,32-33,35,44-48,56,62H,10-11,14-15,24-31,54-55H2,1-6H3,(H,57,63)/t44-,45-,46+,47+,48?/m1/s1. The Kier molecular flexibility index (Phi) is 13.8. The summed E-state index contributed by atoms with van der Waals surface area (Å²) in [5.74, 6) is 0.276. The van der Waals surface area contributed by atoms with Crippen molar-refractivity contribution in [3.05, 3.63) is 108 Å². The fraction of sp³-hybridized carbons (Fsp3) is 0.491. The van der Waals surface area contributed by atoms with E-state index < -0.39 is 41.7 Å². The molecule has 0 bridgehead atoms. The second-order valence-electron chi connectivity index (χ2n) is 20.7. The van der Waals surface area contributed by atoms with Crippen molar-refractivity contribution in [2.24, 2.45) is 0 Å². The number of nitrogens with one attached hydrogen (secondary N) is 2. The summed E-state index contributed by atoms with van der Waals surface area (Å²) in [4.78, 5) is 47.7. The average Bonchev–Trinajstić information content (AvgIpc) is 4.08. The van der Waals surface area contributed by atoms with Gasteiger partial charge in [0.1, 0.15) is 23.5 Å². The molecule has 0 aliphatic carbocycles. The van der Waals surface area contributed by atoms with Crippen LogP contribution in [0.25, 0.3) is 0 Å². The van der Waals surface area contributed by atoms with Crippen LogP contribution in [-0.2, 0) is 14.3 Å². The maximum absolute atomic E-state index is 13.6. The molecule has 4 aliphatic rings. The van der Waals surface area contributed by atoms with E-state index >= 15 is 0 Å². The van der Waals surface area contributed by atoms with E-state index in [1.807, 2.05) is 71.9 Å². The van der Waals surface area contributed by atoms with Crippen molar-refractivity contribution < 1.29 is 29.0 Å². The van der Waals surface area contributed by atoms with E-state index in [9.17, 15) is 19.5 Å². The summed E-state index contributed by atoms with van der Waals surface area (Å²) in [7, 11) is 0. The number of aliphatic hydroxyl groups is 1. The largest absolute Gasteiger partial charge is 0.444 e. The molecule has 3 amide bonds. The summed E-state index contributed by atoms with van der Waals surface area (Å²) in [5.41, 5.74) is 20.0. The van der Waals surface area contributed by atoms with Crippen molar-refractivity contribution in [2.75, 3.05) is 58.1 Å².